The van der Waals surface area contributed by atoms with Crippen LogP contribution in [-0.4, -0.2) is 59.5 Å². The SMILES string of the molecule is O=C(CO)N1CCN(C(=O)C2CCC2)CC1. The van der Waals surface area contributed by atoms with Gasteiger partial charge in [-0.05, 0) is 12.8 Å². The first kappa shape index (κ1) is 11.4. The fourth-order valence-corrected chi connectivity index (χ4v) is 2.19. The molecule has 0 aromatic rings. The molecule has 1 heterocycles. The number of aliphatic hydroxyl groups is 1. The second-order valence-corrected chi connectivity index (χ2v) is 4.49. The molecule has 2 amide bonds. The van der Waals surface area contributed by atoms with Gasteiger partial charge in [0.1, 0.15) is 6.61 Å². The summed E-state index contributed by atoms with van der Waals surface area (Å²) in [5, 5.41) is 8.73. The summed E-state index contributed by atoms with van der Waals surface area (Å²) in [5.41, 5.74) is 0. The van der Waals surface area contributed by atoms with Crippen LogP contribution < -0.4 is 0 Å². The van der Waals surface area contributed by atoms with Crippen LogP contribution in [0.15, 0.2) is 0 Å². The topological polar surface area (TPSA) is 60.9 Å². The Labute approximate surface area is 95.0 Å². The maximum atomic E-state index is 11.9. The molecule has 1 saturated carbocycles. The van der Waals surface area contributed by atoms with Crippen molar-refractivity contribution in [3.05, 3.63) is 0 Å². The fraction of sp³-hybridized carbons (Fsp3) is 0.818. The lowest BCUT2D eigenvalue weighted by Crippen LogP contribution is -2.53. The number of piperazine rings is 1. The first-order valence-corrected chi connectivity index (χ1v) is 5.90. The number of amides is 2. The number of hydrogen-bond donors (Lipinski definition) is 1. The molecular weight excluding hydrogens is 208 g/mol. The Kier molecular flexibility index (Phi) is 3.43. The molecule has 16 heavy (non-hydrogen) atoms. The summed E-state index contributed by atoms with van der Waals surface area (Å²) in [4.78, 5) is 26.6. The molecule has 2 rings (SSSR count). The van der Waals surface area contributed by atoms with Crippen molar-refractivity contribution in [1.82, 2.24) is 9.80 Å². The van der Waals surface area contributed by atoms with E-state index in [0.29, 0.717) is 26.2 Å². The maximum Gasteiger partial charge on any atom is 0.248 e. The van der Waals surface area contributed by atoms with E-state index >= 15 is 0 Å². The van der Waals surface area contributed by atoms with Gasteiger partial charge in [-0.15, -0.1) is 0 Å². The molecule has 0 unspecified atom stereocenters. The lowest BCUT2D eigenvalue weighted by molar-refractivity contribution is -0.144. The Balaban J connectivity index is 1.80. The van der Waals surface area contributed by atoms with Crippen molar-refractivity contribution in [2.75, 3.05) is 32.8 Å². The molecule has 90 valence electrons. The van der Waals surface area contributed by atoms with Crippen molar-refractivity contribution in [2.24, 2.45) is 5.92 Å². The van der Waals surface area contributed by atoms with Crippen molar-refractivity contribution in [3.63, 3.8) is 0 Å². The standard InChI is InChI=1S/C11H18N2O3/c14-8-10(15)12-4-6-13(7-5-12)11(16)9-2-1-3-9/h9,14H,1-8H2. The highest BCUT2D eigenvalue weighted by Crippen LogP contribution is 2.28. The van der Waals surface area contributed by atoms with Crippen molar-refractivity contribution >= 4 is 11.8 Å². The molecule has 0 aromatic heterocycles. The largest absolute Gasteiger partial charge is 0.387 e. The van der Waals surface area contributed by atoms with Crippen molar-refractivity contribution in [2.45, 2.75) is 19.3 Å². The maximum absolute atomic E-state index is 11.9. The Morgan fingerprint density at radius 3 is 2.06 bits per heavy atom. The molecule has 2 aliphatic rings. The molecule has 1 saturated heterocycles. The number of nitrogens with zero attached hydrogens (tertiary/aromatic N) is 2. The first-order valence-electron chi connectivity index (χ1n) is 5.90. The molecule has 1 aliphatic heterocycles. The van der Waals surface area contributed by atoms with Crippen LogP contribution in [0, 0.1) is 5.92 Å². The molecule has 0 spiro atoms. The summed E-state index contributed by atoms with van der Waals surface area (Å²) in [6, 6.07) is 0. The van der Waals surface area contributed by atoms with Gasteiger partial charge in [0.05, 0.1) is 0 Å². The zero-order chi connectivity index (χ0) is 11.5. The minimum Gasteiger partial charge on any atom is -0.387 e. The van der Waals surface area contributed by atoms with E-state index in [9.17, 15) is 9.59 Å². The summed E-state index contributed by atoms with van der Waals surface area (Å²) in [7, 11) is 0. The van der Waals surface area contributed by atoms with Gasteiger partial charge in [-0.25, -0.2) is 0 Å². The zero-order valence-corrected chi connectivity index (χ0v) is 9.39. The predicted octanol–water partition coefficient (Wildman–Crippen LogP) is -0.550. The van der Waals surface area contributed by atoms with Crippen LogP contribution in [0.25, 0.3) is 0 Å². The summed E-state index contributed by atoms with van der Waals surface area (Å²) in [6.07, 6.45) is 3.21. The van der Waals surface area contributed by atoms with Crippen LogP contribution in [0.1, 0.15) is 19.3 Å². The molecular formula is C11H18N2O3. The Bertz CT molecular complexity index is 281. The number of hydrogen-bond acceptors (Lipinski definition) is 3. The number of rotatable bonds is 2. The second-order valence-electron chi connectivity index (χ2n) is 4.49. The summed E-state index contributed by atoms with van der Waals surface area (Å²) < 4.78 is 0. The van der Waals surface area contributed by atoms with Crippen molar-refractivity contribution < 1.29 is 14.7 Å². The van der Waals surface area contributed by atoms with Gasteiger partial charge < -0.3 is 14.9 Å². The lowest BCUT2D eigenvalue weighted by atomic mass is 9.84. The summed E-state index contributed by atoms with van der Waals surface area (Å²) in [6.45, 7) is 1.90. The van der Waals surface area contributed by atoms with Gasteiger partial charge in [-0.1, -0.05) is 6.42 Å². The summed E-state index contributed by atoms with van der Waals surface area (Å²) >= 11 is 0. The van der Waals surface area contributed by atoms with Gasteiger partial charge in [0.15, 0.2) is 0 Å². The molecule has 1 N–H and O–H groups in total. The fourth-order valence-electron chi connectivity index (χ4n) is 2.19. The highest BCUT2D eigenvalue weighted by molar-refractivity contribution is 5.80. The van der Waals surface area contributed by atoms with E-state index in [1.807, 2.05) is 4.90 Å². The van der Waals surface area contributed by atoms with E-state index < -0.39 is 6.61 Å². The highest BCUT2D eigenvalue weighted by atomic mass is 16.3. The quantitative estimate of drug-likeness (QED) is 0.687. The normalized spacial score (nSPS) is 21.8. The third-order valence-corrected chi connectivity index (χ3v) is 3.53. The minimum atomic E-state index is -0.434. The predicted molar refractivity (Wildman–Crippen MR) is 57.6 cm³/mol. The van der Waals surface area contributed by atoms with Crippen LogP contribution in [0.3, 0.4) is 0 Å². The van der Waals surface area contributed by atoms with Crippen molar-refractivity contribution in [3.8, 4) is 0 Å². The van der Waals surface area contributed by atoms with Gasteiger partial charge in [-0.3, -0.25) is 9.59 Å². The molecule has 0 radical (unpaired) electrons. The molecule has 5 nitrogen and oxygen atoms in total. The van der Waals surface area contributed by atoms with E-state index in [2.05, 4.69) is 0 Å². The minimum absolute atomic E-state index is 0.236. The third-order valence-electron chi connectivity index (χ3n) is 3.53. The van der Waals surface area contributed by atoms with Crippen LogP contribution in [0.2, 0.25) is 0 Å². The van der Waals surface area contributed by atoms with Gasteiger partial charge >= 0.3 is 0 Å². The van der Waals surface area contributed by atoms with Crippen molar-refractivity contribution in [1.29, 1.82) is 0 Å². The van der Waals surface area contributed by atoms with E-state index in [4.69, 9.17) is 5.11 Å². The van der Waals surface area contributed by atoms with Crippen LogP contribution in [0.5, 0.6) is 0 Å². The molecule has 1 aliphatic carbocycles. The van der Waals surface area contributed by atoms with Gasteiger partial charge in [0, 0.05) is 32.1 Å². The average molecular weight is 226 g/mol. The smallest absolute Gasteiger partial charge is 0.248 e. The van der Waals surface area contributed by atoms with E-state index in [0.717, 1.165) is 12.8 Å². The molecule has 0 aromatic carbocycles. The Hall–Kier alpha value is -1.10. The number of aliphatic hydroxyl groups excluding tert-OH is 1. The van der Waals surface area contributed by atoms with Crippen LogP contribution in [-0.2, 0) is 9.59 Å². The third kappa shape index (κ3) is 2.19. The molecule has 5 heteroatoms. The van der Waals surface area contributed by atoms with E-state index in [-0.39, 0.29) is 17.7 Å². The van der Waals surface area contributed by atoms with Gasteiger partial charge in [0.2, 0.25) is 11.8 Å². The molecule has 0 bridgehead atoms. The van der Waals surface area contributed by atoms with Gasteiger partial charge in [0.25, 0.3) is 0 Å². The average Bonchev–Trinajstić information content (AvgIpc) is 2.26. The second kappa shape index (κ2) is 4.82. The number of carbonyl (C=O) groups is 2. The molecule has 2 fully saturated rings. The monoisotopic (exact) mass is 226 g/mol. The van der Waals surface area contributed by atoms with Crippen LogP contribution in [0.4, 0.5) is 0 Å². The zero-order valence-electron chi connectivity index (χ0n) is 9.39. The summed E-state index contributed by atoms with van der Waals surface area (Å²) in [5.74, 6) is 0.248. The van der Waals surface area contributed by atoms with Crippen LogP contribution >= 0.6 is 0 Å². The lowest BCUT2D eigenvalue weighted by Gasteiger charge is -2.38. The Morgan fingerprint density at radius 2 is 1.62 bits per heavy atom. The Morgan fingerprint density at radius 1 is 1.06 bits per heavy atom. The highest BCUT2D eigenvalue weighted by Gasteiger charge is 2.31. The van der Waals surface area contributed by atoms with E-state index in [1.54, 1.807) is 4.90 Å². The number of carbonyl (C=O) groups excluding carboxylic acids is 2. The van der Waals surface area contributed by atoms with E-state index in [1.165, 1.54) is 6.42 Å². The van der Waals surface area contributed by atoms with Gasteiger partial charge in [-0.2, -0.15) is 0 Å². The first-order chi connectivity index (χ1) is 7.72. The molecule has 0 atom stereocenters.